The molecule has 0 heterocycles. The number of anilines is 1. The van der Waals surface area contributed by atoms with E-state index in [2.05, 4.69) is 12.2 Å². The average Bonchev–Trinajstić information content (AvgIpc) is 2.76. The van der Waals surface area contributed by atoms with Crippen LogP contribution in [0.1, 0.15) is 81.5 Å². The minimum absolute atomic E-state index is 0.180. The van der Waals surface area contributed by atoms with Gasteiger partial charge in [-0.15, -0.1) is 0 Å². The Kier molecular flexibility index (Phi) is 10.6. The van der Waals surface area contributed by atoms with Crippen LogP contribution in [-0.4, -0.2) is 20.1 Å². The lowest BCUT2D eigenvalue weighted by atomic mass is 10.1. The van der Waals surface area contributed by atoms with Crippen molar-refractivity contribution < 1.29 is 13.2 Å². The van der Waals surface area contributed by atoms with Crippen LogP contribution in [0.4, 0.5) is 5.69 Å². The van der Waals surface area contributed by atoms with Crippen molar-refractivity contribution in [1.82, 2.24) is 0 Å². The molecule has 0 bridgehead atoms. The van der Waals surface area contributed by atoms with Gasteiger partial charge in [-0.1, -0.05) is 82.9 Å². The van der Waals surface area contributed by atoms with E-state index in [0.717, 1.165) is 12.8 Å². The number of hydrogen-bond donors (Lipinski definition) is 1. The van der Waals surface area contributed by atoms with E-state index in [9.17, 15) is 13.2 Å². The Bertz CT molecular complexity index is 846. The Labute approximate surface area is 182 Å². The van der Waals surface area contributed by atoms with E-state index in [4.69, 9.17) is 0 Å². The predicted octanol–water partition coefficient (Wildman–Crippen LogP) is 6.63. The predicted molar refractivity (Wildman–Crippen MR) is 125 cm³/mol. The molecular formula is C25H35NO3S. The smallest absolute Gasteiger partial charge is 0.255 e. The molecular weight excluding hydrogens is 394 g/mol. The number of benzene rings is 2. The molecule has 4 nitrogen and oxygen atoms in total. The third-order valence-electron chi connectivity index (χ3n) is 5.27. The zero-order valence-electron chi connectivity index (χ0n) is 18.1. The van der Waals surface area contributed by atoms with E-state index < -0.39 is 9.84 Å². The molecule has 0 aliphatic rings. The average molecular weight is 430 g/mol. The molecule has 1 amide bonds. The minimum atomic E-state index is -3.28. The summed E-state index contributed by atoms with van der Waals surface area (Å²) in [7, 11) is -3.28. The fourth-order valence-corrected chi connectivity index (χ4v) is 4.81. The molecule has 0 aliphatic heterocycles. The van der Waals surface area contributed by atoms with Crippen molar-refractivity contribution in [3.05, 3.63) is 60.2 Å². The fraction of sp³-hybridized carbons (Fsp3) is 0.480. The van der Waals surface area contributed by atoms with E-state index in [1.165, 1.54) is 44.9 Å². The molecule has 2 aromatic carbocycles. The van der Waals surface area contributed by atoms with Crippen molar-refractivity contribution in [1.29, 1.82) is 0 Å². The van der Waals surface area contributed by atoms with Crippen LogP contribution in [0.15, 0.2) is 59.5 Å². The quantitative estimate of drug-likeness (QED) is 0.343. The highest BCUT2D eigenvalue weighted by Gasteiger charge is 2.14. The van der Waals surface area contributed by atoms with Gasteiger partial charge in [0.1, 0.15) is 0 Å². The van der Waals surface area contributed by atoms with Crippen molar-refractivity contribution >= 4 is 21.4 Å². The van der Waals surface area contributed by atoms with Crippen LogP contribution in [0.3, 0.4) is 0 Å². The second kappa shape index (κ2) is 13.2. The van der Waals surface area contributed by atoms with Crippen LogP contribution in [0.2, 0.25) is 0 Å². The van der Waals surface area contributed by atoms with Crippen LogP contribution in [0, 0.1) is 0 Å². The molecule has 0 atom stereocenters. The zero-order valence-corrected chi connectivity index (χ0v) is 18.9. The molecule has 2 rings (SSSR count). The summed E-state index contributed by atoms with van der Waals surface area (Å²) in [5.41, 5.74) is 1.15. The molecule has 0 saturated carbocycles. The minimum Gasteiger partial charge on any atom is -0.322 e. The molecule has 0 fully saturated rings. The molecule has 164 valence electrons. The Morgan fingerprint density at radius 3 is 1.83 bits per heavy atom. The van der Waals surface area contributed by atoms with E-state index >= 15 is 0 Å². The maximum Gasteiger partial charge on any atom is 0.255 e. The van der Waals surface area contributed by atoms with Crippen LogP contribution in [0.25, 0.3) is 0 Å². The van der Waals surface area contributed by atoms with Gasteiger partial charge in [0, 0.05) is 11.3 Å². The highest BCUT2D eigenvalue weighted by Crippen LogP contribution is 2.18. The second-order valence-electron chi connectivity index (χ2n) is 7.85. The molecule has 2 aromatic rings. The maximum atomic E-state index is 12.5. The van der Waals surface area contributed by atoms with Crippen LogP contribution in [0.5, 0.6) is 0 Å². The first kappa shape index (κ1) is 24.1. The van der Waals surface area contributed by atoms with Crippen LogP contribution >= 0.6 is 0 Å². The highest BCUT2D eigenvalue weighted by atomic mass is 32.2. The molecule has 0 spiro atoms. The van der Waals surface area contributed by atoms with Gasteiger partial charge >= 0.3 is 0 Å². The summed E-state index contributed by atoms with van der Waals surface area (Å²) in [6.45, 7) is 2.23. The lowest BCUT2D eigenvalue weighted by molar-refractivity contribution is 0.102. The van der Waals surface area contributed by atoms with E-state index in [0.29, 0.717) is 22.6 Å². The normalized spacial score (nSPS) is 11.4. The van der Waals surface area contributed by atoms with Crippen molar-refractivity contribution in [2.75, 3.05) is 11.1 Å². The van der Waals surface area contributed by atoms with Crippen LogP contribution < -0.4 is 5.32 Å². The SMILES string of the molecule is CCCCCCCCCCCCS(=O)(=O)c1ccc(NC(=O)c2ccccc2)cc1. The summed E-state index contributed by atoms with van der Waals surface area (Å²) in [4.78, 5) is 12.5. The monoisotopic (exact) mass is 429 g/mol. The van der Waals surface area contributed by atoms with Gasteiger partial charge in [0.25, 0.3) is 5.91 Å². The summed E-state index contributed by atoms with van der Waals surface area (Å²) in [5.74, 6) is -0.0317. The van der Waals surface area contributed by atoms with Gasteiger partial charge in [-0.05, 0) is 42.8 Å². The van der Waals surface area contributed by atoms with Gasteiger partial charge in [0.15, 0.2) is 9.84 Å². The third kappa shape index (κ3) is 8.70. The van der Waals surface area contributed by atoms with Gasteiger partial charge in [-0.25, -0.2) is 8.42 Å². The molecule has 0 aliphatic carbocycles. The maximum absolute atomic E-state index is 12.5. The van der Waals surface area contributed by atoms with Crippen molar-refractivity contribution in [3.8, 4) is 0 Å². The Balaban J connectivity index is 1.70. The number of amides is 1. The summed E-state index contributed by atoms with van der Waals surface area (Å²) in [5, 5.41) is 2.79. The highest BCUT2D eigenvalue weighted by molar-refractivity contribution is 7.91. The molecule has 1 N–H and O–H groups in total. The first-order valence-electron chi connectivity index (χ1n) is 11.2. The Morgan fingerprint density at radius 2 is 1.27 bits per heavy atom. The molecule has 5 heteroatoms. The first-order valence-corrected chi connectivity index (χ1v) is 12.9. The number of rotatable bonds is 14. The summed E-state index contributed by atoms with van der Waals surface area (Å²) >= 11 is 0. The van der Waals surface area contributed by atoms with E-state index in [-0.39, 0.29) is 11.7 Å². The standard InChI is InChI=1S/C25H35NO3S/c1-2-3-4-5-6-7-8-9-10-14-21-30(28,29)24-19-17-23(18-20-24)26-25(27)22-15-12-11-13-16-22/h11-13,15-20H,2-10,14,21H2,1H3,(H,26,27). The van der Waals surface area contributed by atoms with Crippen molar-refractivity contribution in [2.45, 2.75) is 76.0 Å². The molecule has 30 heavy (non-hydrogen) atoms. The first-order chi connectivity index (χ1) is 14.5. The second-order valence-corrected chi connectivity index (χ2v) is 9.95. The number of nitrogens with one attached hydrogen (secondary N) is 1. The van der Waals surface area contributed by atoms with Crippen molar-refractivity contribution in [3.63, 3.8) is 0 Å². The number of sulfone groups is 1. The topological polar surface area (TPSA) is 63.2 Å². The molecule has 0 unspecified atom stereocenters. The summed E-state index contributed by atoms with van der Waals surface area (Å²) in [6, 6.07) is 15.4. The van der Waals surface area contributed by atoms with Gasteiger partial charge in [-0.2, -0.15) is 0 Å². The number of hydrogen-bond acceptors (Lipinski definition) is 3. The molecule has 0 aromatic heterocycles. The lowest BCUT2D eigenvalue weighted by Gasteiger charge is -2.08. The van der Waals surface area contributed by atoms with E-state index in [1.807, 2.05) is 6.07 Å². The van der Waals surface area contributed by atoms with Gasteiger partial charge in [-0.3, -0.25) is 4.79 Å². The van der Waals surface area contributed by atoms with Crippen molar-refractivity contribution in [2.24, 2.45) is 0 Å². The summed E-state index contributed by atoms with van der Waals surface area (Å²) in [6.07, 6.45) is 11.8. The van der Waals surface area contributed by atoms with Gasteiger partial charge < -0.3 is 5.32 Å². The number of unbranched alkanes of at least 4 members (excludes halogenated alkanes) is 9. The largest absolute Gasteiger partial charge is 0.322 e. The van der Waals surface area contributed by atoms with Gasteiger partial charge in [0.05, 0.1) is 10.6 Å². The zero-order chi connectivity index (χ0) is 21.7. The van der Waals surface area contributed by atoms with E-state index in [1.54, 1.807) is 48.5 Å². The number of carbonyl (C=O) groups excluding carboxylic acids is 1. The Hall–Kier alpha value is -2.14. The third-order valence-corrected chi connectivity index (χ3v) is 7.09. The van der Waals surface area contributed by atoms with Gasteiger partial charge in [0.2, 0.25) is 0 Å². The Morgan fingerprint density at radius 1 is 0.733 bits per heavy atom. The lowest BCUT2D eigenvalue weighted by Crippen LogP contribution is -2.12. The van der Waals surface area contributed by atoms with Crippen LogP contribution in [-0.2, 0) is 9.84 Å². The molecule has 0 saturated heterocycles. The summed E-state index contributed by atoms with van der Waals surface area (Å²) < 4.78 is 25.1. The number of carbonyl (C=O) groups is 1. The fourth-order valence-electron chi connectivity index (χ4n) is 3.44. The molecule has 0 radical (unpaired) electrons.